The standard InChI is InChI=1S/C8H13NO3/c1-2-7(11)9-5-3-4-6(10)8(5)12/h2,5-6,8,10,12H,1,3-4H2,(H,9,11)/t5-,6-,8+/m1/s1. The summed E-state index contributed by atoms with van der Waals surface area (Å²) in [6.07, 6.45) is 0.747. The Kier molecular flexibility index (Phi) is 2.83. The van der Waals surface area contributed by atoms with Crippen LogP contribution in [-0.4, -0.2) is 34.4 Å². The molecule has 0 aromatic carbocycles. The second-order valence-electron chi connectivity index (χ2n) is 2.95. The van der Waals surface area contributed by atoms with Gasteiger partial charge in [0.15, 0.2) is 0 Å². The zero-order valence-corrected chi connectivity index (χ0v) is 6.73. The van der Waals surface area contributed by atoms with Gasteiger partial charge in [-0.25, -0.2) is 0 Å². The zero-order valence-electron chi connectivity index (χ0n) is 6.73. The third-order valence-electron chi connectivity index (χ3n) is 2.09. The second-order valence-corrected chi connectivity index (χ2v) is 2.95. The van der Waals surface area contributed by atoms with Crippen LogP contribution in [-0.2, 0) is 4.79 Å². The van der Waals surface area contributed by atoms with Crippen LogP contribution < -0.4 is 5.32 Å². The van der Waals surface area contributed by atoms with E-state index < -0.39 is 12.2 Å². The molecule has 1 rings (SSSR count). The number of hydrogen-bond donors (Lipinski definition) is 3. The second kappa shape index (κ2) is 3.69. The van der Waals surface area contributed by atoms with Gasteiger partial charge in [0.1, 0.15) is 6.10 Å². The highest BCUT2D eigenvalue weighted by Gasteiger charge is 2.33. The molecule has 1 aliphatic carbocycles. The van der Waals surface area contributed by atoms with E-state index in [4.69, 9.17) is 5.11 Å². The fourth-order valence-electron chi connectivity index (χ4n) is 1.36. The molecule has 0 saturated heterocycles. The fraction of sp³-hybridized carbons (Fsp3) is 0.625. The van der Waals surface area contributed by atoms with Gasteiger partial charge >= 0.3 is 0 Å². The summed E-state index contributed by atoms with van der Waals surface area (Å²) in [6.45, 7) is 3.29. The molecule has 3 N–H and O–H groups in total. The minimum atomic E-state index is -0.839. The van der Waals surface area contributed by atoms with Crippen LogP contribution in [0.5, 0.6) is 0 Å². The molecule has 0 aliphatic heterocycles. The third kappa shape index (κ3) is 1.84. The molecule has 12 heavy (non-hydrogen) atoms. The summed E-state index contributed by atoms with van der Waals surface area (Å²) in [6, 6.07) is -0.328. The highest BCUT2D eigenvalue weighted by molar-refractivity contribution is 5.87. The van der Waals surface area contributed by atoms with Crippen molar-refractivity contribution in [2.75, 3.05) is 0 Å². The molecule has 0 radical (unpaired) electrons. The first-order chi connectivity index (χ1) is 5.65. The van der Waals surface area contributed by atoms with E-state index in [-0.39, 0.29) is 11.9 Å². The number of nitrogens with one attached hydrogen (secondary N) is 1. The van der Waals surface area contributed by atoms with E-state index in [1.807, 2.05) is 0 Å². The predicted octanol–water partition coefficient (Wildman–Crippen LogP) is -0.827. The van der Waals surface area contributed by atoms with Crippen LogP contribution in [0.1, 0.15) is 12.8 Å². The molecule has 1 saturated carbocycles. The van der Waals surface area contributed by atoms with Gasteiger partial charge in [0.05, 0.1) is 12.1 Å². The molecule has 0 aromatic heterocycles. The quantitative estimate of drug-likeness (QED) is 0.475. The van der Waals surface area contributed by atoms with Gasteiger partial charge in [0, 0.05) is 0 Å². The van der Waals surface area contributed by atoms with Crippen LogP contribution in [0.3, 0.4) is 0 Å². The molecule has 0 aromatic rings. The molecule has 0 bridgehead atoms. The topological polar surface area (TPSA) is 69.6 Å². The number of aliphatic hydroxyl groups is 2. The Morgan fingerprint density at radius 2 is 2.17 bits per heavy atom. The van der Waals surface area contributed by atoms with E-state index in [2.05, 4.69) is 11.9 Å². The molecular formula is C8H13NO3. The highest BCUT2D eigenvalue weighted by Crippen LogP contribution is 2.19. The van der Waals surface area contributed by atoms with E-state index in [9.17, 15) is 9.90 Å². The Labute approximate surface area is 70.9 Å². The predicted molar refractivity (Wildman–Crippen MR) is 43.4 cm³/mol. The molecule has 1 amide bonds. The van der Waals surface area contributed by atoms with Crippen molar-refractivity contribution in [3.05, 3.63) is 12.7 Å². The summed E-state index contributed by atoms with van der Waals surface area (Å²) in [4.78, 5) is 10.8. The van der Waals surface area contributed by atoms with Gasteiger partial charge < -0.3 is 15.5 Å². The van der Waals surface area contributed by atoms with E-state index in [0.29, 0.717) is 12.8 Å². The van der Waals surface area contributed by atoms with Crippen molar-refractivity contribution in [2.45, 2.75) is 31.1 Å². The van der Waals surface area contributed by atoms with Gasteiger partial charge in [-0.05, 0) is 18.9 Å². The summed E-state index contributed by atoms with van der Waals surface area (Å²) in [7, 11) is 0. The van der Waals surface area contributed by atoms with Gasteiger partial charge in [0.2, 0.25) is 5.91 Å². The van der Waals surface area contributed by atoms with E-state index in [1.54, 1.807) is 0 Å². The number of aliphatic hydroxyl groups excluding tert-OH is 2. The maximum atomic E-state index is 10.8. The maximum Gasteiger partial charge on any atom is 0.243 e. The van der Waals surface area contributed by atoms with Crippen LogP contribution in [0, 0.1) is 0 Å². The van der Waals surface area contributed by atoms with Gasteiger partial charge in [-0.15, -0.1) is 0 Å². The Morgan fingerprint density at radius 3 is 2.58 bits per heavy atom. The zero-order chi connectivity index (χ0) is 9.14. The maximum absolute atomic E-state index is 10.8. The molecule has 0 heterocycles. The summed E-state index contributed by atoms with van der Waals surface area (Å²) >= 11 is 0. The van der Waals surface area contributed by atoms with Crippen LogP contribution >= 0.6 is 0 Å². The first-order valence-corrected chi connectivity index (χ1v) is 3.94. The molecule has 4 nitrogen and oxygen atoms in total. The van der Waals surface area contributed by atoms with Crippen molar-refractivity contribution in [1.29, 1.82) is 0 Å². The molecule has 68 valence electrons. The van der Waals surface area contributed by atoms with Crippen molar-refractivity contribution < 1.29 is 15.0 Å². The Hall–Kier alpha value is -0.870. The largest absolute Gasteiger partial charge is 0.390 e. The molecule has 1 aliphatic rings. The van der Waals surface area contributed by atoms with E-state index >= 15 is 0 Å². The Morgan fingerprint density at radius 1 is 1.50 bits per heavy atom. The SMILES string of the molecule is C=CC(=O)N[C@@H]1CC[C@@H](O)[C@H]1O. The number of carbonyl (C=O) groups is 1. The van der Waals surface area contributed by atoms with Gasteiger partial charge in [-0.2, -0.15) is 0 Å². The van der Waals surface area contributed by atoms with Crippen LogP contribution in [0.4, 0.5) is 0 Å². The number of carbonyl (C=O) groups excluding carboxylic acids is 1. The van der Waals surface area contributed by atoms with Gasteiger partial charge in [-0.3, -0.25) is 4.79 Å². The molecule has 1 fully saturated rings. The van der Waals surface area contributed by atoms with Crippen LogP contribution in [0.2, 0.25) is 0 Å². The van der Waals surface area contributed by atoms with Crippen molar-refractivity contribution >= 4 is 5.91 Å². The van der Waals surface area contributed by atoms with Gasteiger partial charge in [-0.1, -0.05) is 6.58 Å². The number of rotatable bonds is 2. The Bertz CT molecular complexity index is 193. The van der Waals surface area contributed by atoms with Crippen molar-refractivity contribution in [3.8, 4) is 0 Å². The Balaban J connectivity index is 2.43. The molecule has 0 spiro atoms. The average Bonchev–Trinajstić information content (AvgIpc) is 2.36. The lowest BCUT2D eigenvalue weighted by Gasteiger charge is -2.16. The van der Waals surface area contributed by atoms with Crippen molar-refractivity contribution in [3.63, 3.8) is 0 Å². The minimum Gasteiger partial charge on any atom is -0.390 e. The van der Waals surface area contributed by atoms with Crippen molar-refractivity contribution in [2.24, 2.45) is 0 Å². The summed E-state index contributed by atoms with van der Waals surface area (Å²) in [5, 5.41) is 21.0. The normalized spacial score (nSPS) is 34.7. The molecular weight excluding hydrogens is 158 g/mol. The smallest absolute Gasteiger partial charge is 0.243 e. The lowest BCUT2D eigenvalue weighted by atomic mass is 10.2. The highest BCUT2D eigenvalue weighted by atomic mass is 16.3. The summed E-state index contributed by atoms with van der Waals surface area (Å²) < 4.78 is 0. The lowest BCUT2D eigenvalue weighted by molar-refractivity contribution is -0.118. The molecule has 3 atom stereocenters. The number of hydrogen-bond acceptors (Lipinski definition) is 3. The van der Waals surface area contributed by atoms with E-state index in [0.717, 1.165) is 6.08 Å². The van der Waals surface area contributed by atoms with Crippen LogP contribution in [0.25, 0.3) is 0 Å². The first-order valence-electron chi connectivity index (χ1n) is 3.94. The third-order valence-corrected chi connectivity index (χ3v) is 2.09. The average molecular weight is 171 g/mol. The fourth-order valence-corrected chi connectivity index (χ4v) is 1.36. The lowest BCUT2D eigenvalue weighted by Crippen LogP contribution is -2.42. The van der Waals surface area contributed by atoms with Gasteiger partial charge in [0.25, 0.3) is 0 Å². The summed E-state index contributed by atoms with van der Waals surface area (Å²) in [5.41, 5.74) is 0. The molecule has 4 heteroatoms. The monoisotopic (exact) mass is 171 g/mol. The summed E-state index contributed by atoms with van der Waals surface area (Å²) in [5.74, 6) is -0.312. The van der Waals surface area contributed by atoms with E-state index in [1.165, 1.54) is 0 Å². The minimum absolute atomic E-state index is 0.312. The molecule has 0 unspecified atom stereocenters. The first kappa shape index (κ1) is 9.22. The number of amides is 1. The van der Waals surface area contributed by atoms with Crippen molar-refractivity contribution in [1.82, 2.24) is 5.32 Å². The van der Waals surface area contributed by atoms with Crippen LogP contribution in [0.15, 0.2) is 12.7 Å².